The van der Waals surface area contributed by atoms with Crippen LogP contribution in [0, 0.1) is 0 Å². The molecule has 0 bridgehead atoms. The van der Waals surface area contributed by atoms with Crippen LogP contribution in [0.15, 0.2) is 111 Å². The molecule has 0 amide bonds. The Morgan fingerprint density at radius 2 is 1.22 bits per heavy atom. The molecule has 0 aliphatic heterocycles. The zero-order valence-electron chi connectivity index (χ0n) is 14.0. The van der Waals surface area contributed by atoms with Crippen molar-refractivity contribution in [2.24, 2.45) is 0 Å². The van der Waals surface area contributed by atoms with Crippen molar-refractivity contribution in [1.82, 2.24) is 0 Å². The minimum Gasteiger partial charge on any atom is -0.0991 e. The van der Waals surface area contributed by atoms with E-state index in [1.807, 2.05) is 73.7 Å². The molecule has 118 valence electrons. The molecule has 0 aromatic heterocycles. The number of rotatable bonds is 4. The molecule has 0 heteroatoms. The molecule has 0 spiro atoms. The van der Waals surface area contributed by atoms with Gasteiger partial charge in [-0.05, 0) is 18.1 Å². The van der Waals surface area contributed by atoms with Gasteiger partial charge in [0.15, 0.2) is 0 Å². The van der Waals surface area contributed by atoms with Gasteiger partial charge in [-0.15, -0.1) is 0 Å². The molecule has 0 radical (unpaired) electrons. The monoisotopic (exact) mass is 302 g/mol. The van der Waals surface area contributed by atoms with Gasteiger partial charge in [-0.2, -0.15) is 0 Å². The van der Waals surface area contributed by atoms with E-state index in [4.69, 9.17) is 0 Å². The van der Waals surface area contributed by atoms with E-state index in [1.54, 1.807) is 12.2 Å². The number of hydrogen-bond donors (Lipinski definition) is 0. The van der Waals surface area contributed by atoms with Gasteiger partial charge in [-0.25, -0.2) is 0 Å². The second-order valence-electron chi connectivity index (χ2n) is 4.67. The molecule has 0 N–H and O–H groups in total. The highest BCUT2D eigenvalue weighted by Crippen LogP contribution is 2.00. The molecule has 23 heavy (non-hydrogen) atoms. The second-order valence-corrected chi connectivity index (χ2v) is 4.67. The van der Waals surface area contributed by atoms with Crippen LogP contribution < -0.4 is 0 Å². The molecule has 0 heterocycles. The maximum Gasteiger partial charge on any atom is -0.0257 e. The third-order valence-electron chi connectivity index (χ3n) is 2.61. The third-order valence-corrected chi connectivity index (χ3v) is 2.61. The standard InChI is InChI=1S/C10H10.C8H8.C5H8/c1-2-3-7-10-8-5-4-6-9-10;1-2-8-6-4-3-5-7-8;1-4-5(2)3/h2-9H,1H2;2-7H,1H2;4H,1-2H2,3H3. The van der Waals surface area contributed by atoms with E-state index < -0.39 is 0 Å². The first kappa shape index (κ1) is 20.1. The van der Waals surface area contributed by atoms with Crippen LogP contribution in [0.1, 0.15) is 18.1 Å². The van der Waals surface area contributed by atoms with Crippen molar-refractivity contribution in [3.63, 3.8) is 0 Å². The van der Waals surface area contributed by atoms with Gasteiger partial charge in [0, 0.05) is 0 Å². The van der Waals surface area contributed by atoms with Crippen molar-refractivity contribution < 1.29 is 0 Å². The summed E-state index contributed by atoms with van der Waals surface area (Å²) in [7, 11) is 0. The first-order valence-corrected chi connectivity index (χ1v) is 7.43. The highest BCUT2D eigenvalue weighted by Gasteiger charge is 1.78. The largest absolute Gasteiger partial charge is 0.0991 e. The summed E-state index contributed by atoms with van der Waals surface area (Å²) in [6.45, 7) is 16.1. The van der Waals surface area contributed by atoms with E-state index in [0.717, 1.165) is 5.57 Å². The Bertz CT molecular complexity index is 601. The lowest BCUT2D eigenvalue weighted by Gasteiger charge is -1.87. The first-order chi connectivity index (χ1) is 11.1. The van der Waals surface area contributed by atoms with Crippen molar-refractivity contribution in [2.45, 2.75) is 6.92 Å². The summed E-state index contributed by atoms with van der Waals surface area (Å²) in [5.41, 5.74) is 3.40. The van der Waals surface area contributed by atoms with Gasteiger partial charge in [0.1, 0.15) is 0 Å². The van der Waals surface area contributed by atoms with Crippen LogP contribution in [-0.2, 0) is 0 Å². The van der Waals surface area contributed by atoms with Gasteiger partial charge >= 0.3 is 0 Å². The van der Waals surface area contributed by atoms with Gasteiger partial charge in [0.25, 0.3) is 0 Å². The second kappa shape index (κ2) is 14.1. The van der Waals surface area contributed by atoms with Crippen LogP contribution in [0.25, 0.3) is 12.2 Å². The SMILES string of the molecule is C=CC(=C)C.C=CC=Cc1ccccc1.C=Cc1ccccc1. The molecule has 0 saturated carbocycles. The lowest BCUT2D eigenvalue weighted by Crippen LogP contribution is -1.65. The molecule has 0 aliphatic carbocycles. The molecule has 0 atom stereocenters. The predicted molar refractivity (Wildman–Crippen MR) is 107 cm³/mol. The molecule has 2 rings (SSSR count). The summed E-state index contributed by atoms with van der Waals surface area (Å²) < 4.78 is 0. The van der Waals surface area contributed by atoms with Crippen LogP contribution in [-0.4, -0.2) is 0 Å². The van der Waals surface area contributed by atoms with E-state index in [2.05, 4.69) is 38.4 Å². The zero-order valence-corrected chi connectivity index (χ0v) is 14.0. The molecule has 0 saturated heterocycles. The van der Waals surface area contributed by atoms with Crippen LogP contribution in [0.4, 0.5) is 0 Å². The van der Waals surface area contributed by atoms with E-state index in [0.29, 0.717) is 0 Å². The van der Waals surface area contributed by atoms with Gasteiger partial charge < -0.3 is 0 Å². The minimum atomic E-state index is 1.02. The Morgan fingerprint density at radius 3 is 1.52 bits per heavy atom. The van der Waals surface area contributed by atoms with E-state index in [9.17, 15) is 0 Å². The Morgan fingerprint density at radius 1 is 0.783 bits per heavy atom. The smallest absolute Gasteiger partial charge is 0.0257 e. The fourth-order valence-corrected chi connectivity index (χ4v) is 1.33. The summed E-state index contributed by atoms with van der Waals surface area (Å²) in [5.74, 6) is 0. The van der Waals surface area contributed by atoms with Crippen molar-refractivity contribution >= 4 is 12.2 Å². The lowest BCUT2D eigenvalue weighted by molar-refractivity contribution is 1.58. The van der Waals surface area contributed by atoms with E-state index >= 15 is 0 Å². The Labute approximate surface area is 141 Å². The molecule has 0 unspecified atom stereocenters. The number of benzene rings is 2. The van der Waals surface area contributed by atoms with Crippen LogP contribution >= 0.6 is 0 Å². The zero-order chi connectivity index (χ0) is 17.3. The number of hydrogen-bond acceptors (Lipinski definition) is 0. The molecule has 0 aliphatic rings. The molecular weight excluding hydrogens is 276 g/mol. The Balaban J connectivity index is 0.000000335. The van der Waals surface area contributed by atoms with Crippen LogP contribution in [0.2, 0.25) is 0 Å². The van der Waals surface area contributed by atoms with Gasteiger partial charge in [-0.1, -0.05) is 123 Å². The van der Waals surface area contributed by atoms with Gasteiger partial charge in [-0.3, -0.25) is 0 Å². The molecular formula is C23H26. The average molecular weight is 302 g/mol. The summed E-state index contributed by atoms with van der Waals surface area (Å²) >= 11 is 0. The van der Waals surface area contributed by atoms with Crippen molar-refractivity contribution in [1.29, 1.82) is 0 Å². The maximum atomic E-state index is 3.63. The average Bonchev–Trinajstić information content (AvgIpc) is 2.62. The maximum absolute atomic E-state index is 3.63. The van der Waals surface area contributed by atoms with Gasteiger partial charge in [0.05, 0.1) is 0 Å². The fraction of sp³-hybridized carbons (Fsp3) is 0.0435. The molecule has 2 aromatic carbocycles. The molecule has 2 aromatic rings. The van der Waals surface area contributed by atoms with Crippen LogP contribution in [0.5, 0.6) is 0 Å². The highest BCUT2D eigenvalue weighted by molar-refractivity contribution is 5.50. The summed E-state index contributed by atoms with van der Waals surface area (Å²) in [5, 5.41) is 0. The molecule has 0 nitrogen and oxygen atoms in total. The normalized spacial score (nSPS) is 8.74. The van der Waals surface area contributed by atoms with Crippen molar-refractivity contribution in [3.05, 3.63) is 122 Å². The predicted octanol–water partition coefficient (Wildman–Crippen LogP) is 6.96. The summed E-state index contributed by atoms with van der Waals surface area (Å²) in [6, 6.07) is 20.2. The Kier molecular flexibility index (Phi) is 12.3. The minimum absolute atomic E-state index is 1.02. The highest BCUT2D eigenvalue weighted by atomic mass is 13.8. The third kappa shape index (κ3) is 12.6. The van der Waals surface area contributed by atoms with Crippen molar-refractivity contribution in [3.8, 4) is 0 Å². The fourth-order valence-electron chi connectivity index (χ4n) is 1.33. The van der Waals surface area contributed by atoms with E-state index in [-0.39, 0.29) is 0 Å². The first-order valence-electron chi connectivity index (χ1n) is 7.43. The molecule has 0 fully saturated rings. The number of allylic oxidation sites excluding steroid dienone is 4. The Hall–Kier alpha value is -2.86. The summed E-state index contributed by atoms with van der Waals surface area (Å²) in [4.78, 5) is 0. The summed E-state index contributed by atoms with van der Waals surface area (Å²) in [6.07, 6.45) is 9.27. The van der Waals surface area contributed by atoms with Gasteiger partial charge in [0.2, 0.25) is 0 Å². The van der Waals surface area contributed by atoms with E-state index in [1.165, 1.54) is 11.1 Å². The topological polar surface area (TPSA) is 0 Å². The lowest BCUT2D eigenvalue weighted by atomic mass is 10.2. The van der Waals surface area contributed by atoms with Crippen LogP contribution in [0.3, 0.4) is 0 Å². The quantitative estimate of drug-likeness (QED) is 0.535. The van der Waals surface area contributed by atoms with Crippen molar-refractivity contribution in [2.75, 3.05) is 0 Å².